The Morgan fingerprint density at radius 2 is 1.11 bits per heavy atom. The van der Waals surface area contributed by atoms with E-state index in [0.717, 1.165) is 29.6 Å². The molecule has 1 fully saturated rings. The first-order valence-electron chi connectivity index (χ1n) is 15.9. The van der Waals surface area contributed by atoms with E-state index in [1.54, 1.807) is 13.0 Å². The van der Waals surface area contributed by atoms with Crippen LogP contribution in [-0.4, -0.2) is 43.8 Å². The maximum absolute atomic E-state index is 11.4. The highest BCUT2D eigenvalue weighted by Crippen LogP contribution is 2.50. The highest BCUT2D eigenvalue weighted by molar-refractivity contribution is 5.38. The molecule has 2 aliphatic rings. The van der Waals surface area contributed by atoms with Crippen molar-refractivity contribution >= 4 is 0 Å². The van der Waals surface area contributed by atoms with Gasteiger partial charge in [-0.05, 0) is 77.9 Å². The second kappa shape index (κ2) is 15.5. The number of rotatable bonds is 10. The summed E-state index contributed by atoms with van der Waals surface area (Å²) in [4.78, 5) is 0. The highest BCUT2D eigenvalue weighted by atomic mass is 16.4. The lowest BCUT2D eigenvalue weighted by atomic mass is 9.57. The summed E-state index contributed by atoms with van der Waals surface area (Å²) in [5, 5.41) is 42.6. The zero-order chi connectivity index (χ0) is 33.3. The summed E-state index contributed by atoms with van der Waals surface area (Å²) in [5.74, 6) is 0. The number of aliphatic hydroxyl groups is 4. The van der Waals surface area contributed by atoms with E-state index in [4.69, 9.17) is 0 Å². The Balaban J connectivity index is 1.94. The number of aliphatic hydroxyl groups excluding tert-OH is 2. The Labute approximate surface area is 267 Å². The summed E-state index contributed by atoms with van der Waals surface area (Å²) in [6, 6.07) is 0. The lowest BCUT2D eigenvalue weighted by Gasteiger charge is -2.54. The van der Waals surface area contributed by atoms with Crippen LogP contribution in [0.5, 0.6) is 0 Å². The van der Waals surface area contributed by atoms with Gasteiger partial charge >= 0.3 is 0 Å². The molecule has 4 heteroatoms. The molecule has 0 spiro atoms. The van der Waals surface area contributed by atoms with Crippen molar-refractivity contribution in [3.05, 3.63) is 119 Å². The fraction of sp³-hybridized carbons (Fsp3) is 0.500. The summed E-state index contributed by atoms with van der Waals surface area (Å²) in [7, 11) is 0. The molecule has 4 N–H and O–H groups in total. The van der Waals surface area contributed by atoms with Gasteiger partial charge in [0.05, 0.1) is 17.8 Å². The fourth-order valence-electron chi connectivity index (χ4n) is 6.55. The lowest BCUT2D eigenvalue weighted by Crippen LogP contribution is -2.65. The lowest BCUT2D eigenvalue weighted by molar-refractivity contribution is -0.216. The third-order valence-electron chi connectivity index (χ3n) is 9.07. The van der Waals surface area contributed by atoms with Crippen molar-refractivity contribution in [1.82, 2.24) is 0 Å². The molecule has 4 nitrogen and oxygen atoms in total. The van der Waals surface area contributed by atoms with Crippen LogP contribution < -0.4 is 0 Å². The third kappa shape index (κ3) is 10.4. The van der Waals surface area contributed by atoms with Crippen LogP contribution in [0.25, 0.3) is 0 Å². The number of hydrogen-bond donors (Lipinski definition) is 4. The Morgan fingerprint density at radius 3 is 1.61 bits per heavy atom. The van der Waals surface area contributed by atoms with Gasteiger partial charge in [-0.25, -0.2) is 0 Å². The Bertz CT molecular complexity index is 1300. The minimum Gasteiger partial charge on any atom is -0.393 e. The molecule has 1 saturated carbocycles. The molecule has 4 atom stereocenters. The second-order valence-electron chi connectivity index (χ2n) is 14.5. The van der Waals surface area contributed by atoms with Gasteiger partial charge in [0.15, 0.2) is 0 Å². The van der Waals surface area contributed by atoms with E-state index in [1.807, 2.05) is 64.2 Å². The van der Waals surface area contributed by atoms with Crippen LogP contribution in [0, 0.1) is 10.8 Å². The van der Waals surface area contributed by atoms with Gasteiger partial charge in [0.1, 0.15) is 5.60 Å². The second-order valence-corrected chi connectivity index (χ2v) is 14.5. The quantitative estimate of drug-likeness (QED) is 0.189. The van der Waals surface area contributed by atoms with Crippen molar-refractivity contribution in [3.8, 4) is 0 Å². The molecule has 0 heterocycles. The molecule has 0 radical (unpaired) electrons. The third-order valence-corrected chi connectivity index (χ3v) is 9.07. The minimum atomic E-state index is -1.44. The van der Waals surface area contributed by atoms with Gasteiger partial charge in [-0.3, -0.25) is 0 Å². The Morgan fingerprint density at radius 1 is 0.636 bits per heavy atom. The van der Waals surface area contributed by atoms with E-state index in [2.05, 4.69) is 77.2 Å². The minimum absolute atomic E-state index is 0.0115. The van der Waals surface area contributed by atoms with E-state index in [1.165, 1.54) is 16.7 Å². The van der Waals surface area contributed by atoms with Gasteiger partial charge in [-0.2, -0.15) is 0 Å². The van der Waals surface area contributed by atoms with E-state index in [-0.39, 0.29) is 17.9 Å². The summed E-state index contributed by atoms with van der Waals surface area (Å²) in [6.07, 6.45) is 29.6. The normalized spacial score (nSPS) is 31.1. The van der Waals surface area contributed by atoms with Crippen LogP contribution in [0.15, 0.2) is 119 Å². The van der Waals surface area contributed by atoms with Gasteiger partial charge in [0.2, 0.25) is 0 Å². The van der Waals surface area contributed by atoms with Gasteiger partial charge in [-0.15, -0.1) is 0 Å². The molecule has 4 unspecified atom stereocenters. The molecular weight excluding hydrogens is 544 g/mol. The van der Waals surface area contributed by atoms with Crippen LogP contribution in [0.4, 0.5) is 0 Å². The van der Waals surface area contributed by atoms with Crippen molar-refractivity contribution in [1.29, 1.82) is 0 Å². The molecule has 2 aliphatic carbocycles. The van der Waals surface area contributed by atoms with E-state index in [0.29, 0.717) is 6.42 Å². The predicted octanol–water partition coefficient (Wildman–Crippen LogP) is 8.71. The standard InChI is InChI=1S/C40H58O4/c1-29(17-13-19-31(3)21-22-36-33(5)25-34(41)26-37(36,6)7)15-11-12-16-30(2)18-14-20-32(4)23-24-40(44)38(8,9)27-35(42)28-39(40,10)43/h11-24,34-35,41-44H,25-28H2,1-10H3. The number of allylic oxidation sites excluding steroid dienone is 18. The monoisotopic (exact) mass is 602 g/mol. The van der Waals surface area contributed by atoms with Gasteiger partial charge in [-0.1, -0.05) is 135 Å². The summed E-state index contributed by atoms with van der Waals surface area (Å²) in [6.45, 7) is 20.1. The SMILES string of the molecule is CC(C=CC=C(C)C=CC1=C(C)CC(O)CC1(C)C)=CC=CC=C(C)C=CC=C(C)C=CC1(O)C(C)(C)CC(O)CC1(C)O. The maximum Gasteiger partial charge on any atom is 0.117 e. The van der Waals surface area contributed by atoms with Crippen LogP contribution >= 0.6 is 0 Å². The predicted molar refractivity (Wildman–Crippen MR) is 187 cm³/mol. The zero-order valence-corrected chi connectivity index (χ0v) is 28.9. The topological polar surface area (TPSA) is 80.9 Å². The van der Waals surface area contributed by atoms with Crippen molar-refractivity contribution in [2.45, 2.75) is 118 Å². The molecule has 0 saturated heterocycles. The first-order chi connectivity index (χ1) is 20.3. The van der Waals surface area contributed by atoms with Gasteiger partial charge in [0.25, 0.3) is 0 Å². The molecule has 2 rings (SSSR count). The van der Waals surface area contributed by atoms with Gasteiger partial charge < -0.3 is 20.4 Å². The van der Waals surface area contributed by atoms with Crippen LogP contribution in [0.2, 0.25) is 0 Å². The molecule has 44 heavy (non-hydrogen) atoms. The van der Waals surface area contributed by atoms with Crippen molar-refractivity contribution in [2.24, 2.45) is 10.8 Å². The first kappa shape index (κ1) is 37.4. The highest BCUT2D eigenvalue weighted by Gasteiger charge is 2.58. The molecule has 0 aromatic rings. The van der Waals surface area contributed by atoms with Crippen molar-refractivity contribution < 1.29 is 20.4 Å². The largest absolute Gasteiger partial charge is 0.393 e. The van der Waals surface area contributed by atoms with E-state index < -0.39 is 22.7 Å². The molecule has 0 aromatic carbocycles. The summed E-state index contributed by atoms with van der Waals surface area (Å²) < 4.78 is 0. The average molecular weight is 603 g/mol. The molecule has 0 bridgehead atoms. The van der Waals surface area contributed by atoms with E-state index in [9.17, 15) is 20.4 Å². The Kier molecular flexibility index (Phi) is 13.2. The molecule has 0 aromatic heterocycles. The zero-order valence-electron chi connectivity index (χ0n) is 28.9. The van der Waals surface area contributed by atoms with Crippen molar-refractivity contribution in [3.63, 3.8) is 0 Å². The van der Waals surface area contributed by atoms with Crippen LogP contribution in [0.3, 0.4) is 0 Å². The molecule has 0 aliphatic heterocycles. The average Bonchev–Trinajstić information content (AvgIpc) is 2.87. The molecular formula is C40H58O4. The fourth-order valence-corrected chi connectivity index (χ4v) is 6.55. The van der Waals surface area contributed by atoms with E-state index >= 15 is 0 Å². The summed E-state index contributed by atoms with van der Waals surface area (Å²) in [5.41, 5.74) is 3.44. The Hall–Kier alpha value is -2.76. The van der Waals surface area contributed by atoms with Crippen LogP contribution in [0.1, 0.15) is 94.9 Å². The maximum atomic E-state index is 11.4. The number of hydrogen-bond acceptors (Lipinski definition) is 4. The summed E-state index contributed by atoms with van der Waals surface area (Å²) >= 11 is 0. The van der Waals surface area contributed by atoms with Crippen molar-refractivity contribution in [2.75, 3.05) is 0 Å². The molecule has 0 amide bonds. The van der Waals surface area contributed by atoms with Crippen LogP contribution in [-0.2, 0) is 0 Å². The first-order valence-corrected chi connectivity index (χ1v) is 15.9. The van der Waals surface area contributed by atoms with Gasteiger partial charge in [0, 0.05) is 11.8 Å². The smallest absolute Gasteiger partial charge is 0.117 e. The molecule has 242 valence electrons.